The zero-order chi connectivity index (χ0) is 39.4. The summed E-state index contributed by atoms with van der Waals surface area (Å²) in [5.41, 5.74) is 16.5. The summed E-state index contributed by atoms with van der Waals surface area (Å²) in [7, 11) is 0. The number of para-hydroxylation sites is 3. The Balaban J connectivity index is 0.000000129. The average molecular weight is 750 g/mol. The second-order valence-corrected chi connectivity index (χ2v) is 13.2. The van der Waals surface area contributed by atoms with E-state index in [9.17, 15) is 18.0 Å². The third-order valence-corrected chi connectivity index (χ3v) is 9.10. The lowest BCUT2D eigenvalue weighted by atomic mass is 10.0. The second kappa shape index (κ2) is 18.1. The normalized spacial score (nSPS) is 14.1. The number of rotatable bonds is 6. The standard InChI is InChI=1S/C14H12N2.C14H11N.C11H12F3NO.C8H7N/c15-14(12-7-2-1-3-8-12)10-11-6-4-5-9-13(11)16-14;1-2-6-11(7-3-1)14-10-12-8-4-5-9-13(12)15-14;12-11(13,14)9-6-4-8(5-7-9)2-1-3-10(15)16;1-2-4-8-7(3-1)5-6-9-8/h1-10H,15H2;1-10,15H;4-7H,1-3H2,(H2,15,16);1-6,9H. The van der Waals surface area contributed by atoms with Crippen molar-refractivity contribution in [1.82, 2.24) is 9.97 Å². The van der Waals surface area contributed by atoms with Crippen LogP contribution in [0.5, 0.6) is 0 Å². The van der Waals surface area contributed by atoms with Gasteiger partial charge in [-0.2, -0.15) is 13.2 Å². The van der Waals surface area contributed by atoms with Crippen LogP contribution in [0, 0.1) is 0 Å². The quantitative estimate of drug-likeness (QED) is 0.136. The van der Waals surface area contributed by atoms with Gasteiger partial charge in [-0.05, 0) is 88.7 Å². The van der Waals surface area contributed by atoms with Crippen molar-refractivity contribution < 1.29 is 18.0 Å². The Kier molecular flexibility index (Phi) is 12.6. The maximum Gasteiger partial charge on any atom is 0.416 e. The van der Waals surface area contributed by atoms with Crippen molar-refractivity contribution in [2.75, 3.05) is 0 Å². The van der Waals surface area contributed by atoms with Gasteiger partial charge in [0.05, 0.1) is 10.9 Å². The van der Waals surface area contributed by atoms with Crippen LogP contribution in [0.15, 0.2) is 181 Å². The van der Waals surface area contributed by atoms with E-state index in [1.165, 1.54) is 45.2 Å². The largest absolute Gasteiger partial charge is 0.416 e. The molecule has 1 aliphatic rings. The van der Waals surface area contributed by atoms with Crippen molar-refractivity contribution in [2.24, 2.45) is 16.5 Å². The number of aryl methyl sites for hydroxylation is 1. The van der Waals surface area contributed by atoms with E-state index in [1.807, 2.05) is 91.1 Å². The fraction of sp³-hybridized carbons (Fsp3) is 0.106. The van der Waals surface area contributed by atoms with Gasteiger partial charge in [-0.15, -0.1) is 0 Å². The van der Waals surface area contributed by atoms with Gasteiger partial charge in [0.1, 0.15) is 0 Å². The number of carbonyl (C=O) groups is 1. The van der Waals surface area contributed by atoms with E-state index in [-0.39, 0.29) is 6.42 Å². The molecule has 1 unspecified atom stereocenters. The molecule has 0 aliphatic carbocycles. The maximum absolute atomic E-state index is 12.2. The number of primary amides is 1. The SMILES string of the molecule is NC(=O)CCCc1ccc(C(F)(F)F)cc1.NC1(c2ccccc2)C=c2ccccc2=N1.c1ccc(-c2cc3ccccc3[nH]2)cc1.c1ccc2[nH]ccc2c1. The summed E-state index contributed by atoms with van der Waals surface area (Å²) in [6, 6.07) is 54.1. The molecule has 8 aromatic rings. The van der Waals surface area contributed by atoms with Crippen molar-refractivity contribution in [3.8, 4) is 11.3 Å². The molecule has 9 heteroatoms. The molecule has 0 bridgehead atoms. The highest BCUT2D eigenvalue weighted by Crippen LogP contribution is 2.29. The predicted octanol–water partition coefficient (Wildman–Crippen LogP) is 9.43. The molecule has 6 N–H and O–H groups in total. The van der Waals surface area contributed by atoms with Crippen LogP contribution >= 0.6 is 0 Å². The number of benzene rings is 6. The summed E-state index contributed by atoms with van der Waals surface area (Å²) in [4.78, 5) is 21.6. The molecule has 1 amide bonds. The Morgan fingerprint density at radius 2 is 1.29 bits per heavy atom. The van der Waals surface area contributed by atoms with Gasteiger partial charge in [-0.1, -0.05) is 127 Å². The first-order valence-electron chi connectivity index (χ1n) is 18.2. The first-order chi connectivity index (χ1) is 27.1. The molecular formula is C47H42F3N5O. The number of aromatic nitrogens is 2. The van der Waals surface area contributed by atoms with Gasteiger partial charge in [0.2, 0.25) is 5.91 Å². The van der Waals surface area contributed by atoms with Crippen LogP contribution in [0.3, 0.4) is 0 Å². The predicted molar refractivity (Wildman–Crippen MR) is 220 cm³/mol. The highest BCUT2D eigenvalue weighted by Gasteiger charge is 2.30. The van der Waals surface area contributed by atoms with Gasteiger partial charge in [0.15, 0.2) is 5.66 Å². The molecule has 0 spiro atoms. The summed E-state index contributed by atoms with van der Waals surface area (Å²) >= 11 is 0. The summed E-state index contributed by atoms with van der Waals surface area (Å²) < 4.78 is 36.6. The van der Waals surface area contributed by atoms with E-state index in [2.05, 4.69) is 81.7 Å². The number of nitrogens with zero attached hydrogens (tertiary/aromatic N) is 1. The second-order valence-electron chi connectivity index (χ2n) is 13.2. The molecule has 9 rings (SSSR count). The van der Waals surface area contributed by atoms with Gasteiger partial charge in [-0.3, -0.25) is 15.5 Å². The third-order valence-electron chi connectivity index (χ3n) is 9.10. The lowest BCUT2D eigenvalue weighted by Crippen LogP contribution is -2.30. The highest BCUT2D eigenvalue weighted by atomic mass is 19.4. The molecule has 1 aliphatic heterocycles. The van der Waals surface area contributed by atoms with E-state index in [1.54, 1.807) is 0 Å². The Hall–Kier alpha value is -6.71. The summed E-state index contributed by atoms with van der Waals surface area (Å²) in [5.74, 6) is -0.396. The average Bonchev–Trinajstić information content (AvgIpc) is 3.96. The van der Waals surface area contributed by atoms with E-state index < -0.39 is 23.3 Å². The van der Waals surface area contributed by atoms with Gasteiger partial charge < -0.3 is 15.7 Å². The van der Waals surface area contributed by atoms with Gasteiger partial charge in [-0.25, -0.2) is 0 Å². The third kappa shape index (κ3) is 10.5. The molecule has 1 atom stereocenters. The summed E-state index contributed by atoms with van der Waals surface area (Å²) in [5, 5.41) is 4.61. The lowest BCUT2D eigenvalue weighted by Gasteiger charge is -2.18. The molecule has 2 aromatic heterocycles. The molecule has 0 radical (unpaired) electrons. The Morgan fingerprint density at radius 3 is 1.93 bits per heavy atom. The number of amides is 1. The Bertz CT molecular complexity index is 2500. The smallest absolute Gasteiger partial charge is 0.370 e. The fourth-order valence-electron chi connectivity index (χ4n) is 6.20. The van der Waals surface area contributed by atoms with Gasteiger partial charge in [0.25, 0.3) is 0 Å². The maximum atomic E-state index is 12.2. The topological polar surface area (TPSA) is 113 Å². The minimum absolute atomic E-state index is 0.251. The van der Waals surface area contributed by atoms with Crippen LogP contribution in [0.25, 0.3) is 39.1 Å². The number of alkyl halides is 3. The minimum Gasteiger partial charge on any atom is -0.370 e. The fourth-order valence-corrected chi connectivity index (χ4v) is 6.20. The van der Waals surface area contributed by atoms with E-state index >= 15 is 0 Å². The molecule has 6 nitrogen and oxygen atoms in total. The first-order valence-corrected chi connectivity index (χ1v) is 18.2. The highest BCUT2D eigenvalue weighted by molar-refractivity contribution is 5.85. The number of nitrogens with one attached hydrogen (secondary N) is 2. The molecule has 6 aromatic carbocycles. The van der Waals surface area contributed by atoms with Crippen LogP contribution in [0.1, 0.15) is 29.5 Å². The lowest BCUT2D eigenvalue weighted by molar-refractivity contribution is -0.137. The monoisotopic (exact) mass is 749 g/mol. The molecule has 56 heavy (non-hydrogen) atoms. The molecular weight excluding hydrogens is 708 g/mol. The number of fused-ring (bicyclic) bond motifs is 3. The zero-order valence-corrected chi connectivity index (χ0v) is 30.6. The Labute approximate surface area is 323 Å². The van der Waals surface area contributed by atoms with Gasteiger partial charge >= 0.3 is 6.18 Å². The van der Waals surface area contributed by atoms with Crippen LogP contribution in [-0.4, -0.2) is 15.9 Å². The summed E-state index contributed by atoms with van der Waals surface area (Å²) in [6.45, 7) is 0. The zero-order valence-electron chi connectivity index (χ0n) is 30.6. The number of nitrogens with two attached hydrogens (primary N) is 2. The summed E-state index contributed by atoms with van der Waals surface area (Å²) in [6.07, 6.45) is 1.02. The van der Waals surface area contributed by atoms with Crippen LogP contribution in [0.4, 0.5) is 13.2 Å². The van der Waals surface area contributed by atoms with Crippen molar-refractivity contribution in [3.63, 3.8) is 0 Å². The first kappa shape index (κ1) is 39.0. The number of aromatic amines is 2. The van der Waals surface area contributed by atoms with E-state index in [0.717, 1.165) is 33.8 Å². The number of hydrogen-bond donors (Lipinski definition) is 4. The van der Waals surface area contributed by atoms with Crippen LogP contribution in [0.2, 0.25) is 0 Å². The Morgan fingerprint density at radius 1 is 0.679 bits per heavy atom. The van der Waals surface area contributed by atoms with Crippen LogP contribution in [-0.2, 0) is 23.1 Å². The number of hydrogen-bond acceptors (Lipinski definition) is 3. The van der Waals surface area contributed by atoms with Crippen molar-refractivity contribution in [3.05, 3.63) is 203 Å². The number of H-pyrrole nitrogens is 2. The molecule has 3 heterocycles. The van der Waals surface area contributed by atoms with Crippen LogP contribution < -0.4 is 22.0 Å². The van der Waals surface area contributed by atoms with E-state index in [4.69, 9.17) is 11.5 Å². The minimum atomic E-state index is -4.30. The van der Waals surface area contributed by atoms with Crippen molar-refractivity contribution in [2.45, 2.75) is 31.1 Å². The molecule has 0 saturated heterocycles. The molecule has 0 fully saturated rings. The number of halogens is 3. The number of carbonyl (C=O) groups excluding carboxylic acids is 1. The van der Waals surface area contributed by atoms with Crippen molar-refractivity contribution >= 4 is 33.8 Å². The van der Waals surface area contributed by atoms with Gasteiger partial charge in [0, 0.05) is 34.7 Å². The van der Waals surface area contributed by atoms with E-state index in [0.29, 0.717) is 12.8 Å². The molecule has 282 valence electrons. The molecule has 0 saturated carbocycles. The van der Waals surface area contributed by atoms with Crippen molar-refractivity contribution in [1.29, 1.82) is 0 Å².